The Bertz CT molecular complexity index is 1340. The lowest BCUT2D eigenvalue weighted by atomic mass is 9.77. The number of sulfonamides is 1. The quantitative estimate of drug-likeness (QED) is 0.719. The minimum Gasteiger partial charge on any atom is -0.511 e. The summed E-state index contributed by atoms with van der Waals surface area (Å²) in [5.41, 5.74) is 0.989. The zero-order valence-corrected chi connectivity index (χ0v) is 18.4. The predicted molar refractivity (Wildman–Crippen MR) is 119 cm³/mol. The smallest absolute Gasteiger partial charge is 0.286 e. The Labute approximate surface area is 190 Å². The highest BCUT2D eigenvalue weighted by Gasteiger charge is 2.57. The van der Waals surface area contributed by atoms with Crippen LogP contribution in [-0.2, 0) is 21.4 Å². The van der Waals surface area contributed by atoms with E-state index in [0.717, 1.165) is 24.8 Å². The maximum absolute atomic E-state index is 13.8. The summed E-state index contributed by atoms with van der Waals surface area (Å²) in [6, 6.07) is 12.2. The number of hydrogen-bond acceptors (Lipinski definition) is 5. The topological polar surface area (TPSA) is 99.1 Å². The van der Waals surface area contributed by atoms with Gasteiger partial charge in [-0.2, -0.15) is 8.42 Å². The Hall–Kier alpha value is -3.20. The van der Waals surface area contributed by atoms with Crippen molar-refractivity contribution in [3.63, 3.8) is 0 Å². The summed E-state index contributed by atoms with van der Waals surface area (Å²) < 4.78 is 42.9. The number of benzene rings is 2. The van der Waals surface area contributed by atoms with Gasteiger partial charge in [0.15, 0.2) is 5.84 Å². The number of rotatable bonds is 3. The first-order valence-electron chi connectivity index (χ1n) is 11.0. The summed E-state index contributed by atoms with van der Waals surface area (Å²) in [5, 5.41) is 14.2. The number of halogens is 1. The Morgan fingerprint density at radius 2 is 1.82 bits per heavy atom. The molecule has 2 aliphatic carbocycles. The van der Waals surface area contributed by atoms with Gasteiger partial charge in [-0.15, -0.1) is 4.40 Å². The number of amides is 1. The molecule has 170 valence electrons. The van der Waals surface area contributed by atoms with Gasteiger partial charge in [0.2, 0.25) is 0 Å². The fourth-order valence-corrected chi connectivity index (χ4v) is 7.18. The largest absolute Gasteiger partial charge is 0.511 e. The van der Waals surface area contributed by atoms with Gasteiger partial charge in [-0.1, -0.05) is 24.3 Å². The van der Waals surface area contributed by atoms with Crippen LogP contribution in [0.2, 0.25) is 0 Å². The minimum absolute atomic E-state index is 0.0260. The number of nitrogens with zero attached hydrogens (tertiary/aromatic N) is 2. The second-order valence-corrected chi connectivity index (χ2v) is 10.8. The standard InChI is InChI=1S/C24H22FN3O4S/c25-16-9-5-13(6-10-16)12-28-21-15-8-7-14(11-15)19(21)22(29)20(24(28)30)23-26-17-3-1-2-4-18(17)33(31,32)27-23/h1-6,9-10,14-15,19,21,29H,7-8,11-12H2,(H,26,27)/t14-,15+,19?,21?/m0/s1. The average molecular weight is 468 g/mol. The van der Waals surface area contributed by atoms with Gasteiger partial charge in [-0.05, 0) is 60.9 Å². The van der Waals surface area contributed by atoms with E-state index in [-0.39, 0.29) is 58.2 Å². The third-order valence-corrected chi connectivity index (χ3v) is 8.75. The second-order valence-electron chi connectivity index (χ2n) is 9.21. The van der Waals surface area contributed by atoms with Gasteiger partial charge in [0.1, 0.15) is 22.0 Å². The number of carbonyl (C=O) groups excluding carboxylic acids is 1. The molecule has 1 amide bonds. The van der Waals surface area contributed by atoms with E-state index in [1.807, 2.05) is 0 Å². The average Bonchev–Trinajstić information content (AvgIpc) is 3.40. The van der Waals surface area contributed by atoms with Gasteiger partial charge in [-0.3, -0.25) is 4.79 Å². The van der Waals surface area contributed by atoms with Crippen molar-refractivity contribution in [2.24, 2.45) is 22.2 Å². The molecular formula is C24H22FN3O4S. The molecule has 2 saturated carbocycles. The number of carbonyl (C=O) groups is 1. The van der Waals surface area contributed by atoms with Crippen molar-refractivity contribution in [3.05, 3.63) is 71.2 Å². The normalized spacial score (nSPS) is 29.4. The van der Waals surface area contributed by atoms with E-state index in [1.54, 1.807) is 35.2 Å². The predicted octanol–water partition coefficient (Wildman–Crippen LogP) is 3.61. The number of aliphatic hydroxyl groups is 1. The molecule has 6 rings (SSSR count). The molecule has 2 bridgehead atoms. The zero-order chi connectivity index (χ0) is 22.9. The minimum atomic E-state index is -4.03. The lowest BCUT2D eigenvalue weighted by Crippen LogP contribution is -2.53. The van der Waals surface area contributed by atoms with Crippen molar-refractivity contribution in [2.75, 3.05) is 5.32 Å². The van der Waals surface area contributed by atoms with Crippen LogP contribution in [0.1, 0.15) is 24.8 Å². The van der Waals surface area contributed by atoms with Crippen molar-refractivity contribution >= 4 is 27.5 Å². The number of aliphatic hydroxyl groups excluding tert-OH is 1. The molecule has 0 aromatic heterocycles. The zero-order valence-electron chi connectivity index (χ0n) is 17.6. The van der Waals surface area contributed by atoms with E-state index < -0.39 is 15.9 Å². The number of para-hydroxylation sites is 1. The van der Waals surface area contributed by atoms with E-state index >= 15 is 0 Å². The molecule has 4 atom stereocenters. The molecule has 7 nitrogen and oxygen atoms in total. The van der Waals surface area contributed by atoms with Crippen molar-refractivity contribution in [3.8, 4) is 0 Å². The molecule has 2 aromatic carbocycles. The first-order valence-corrected chi connectivity index (χ1v) is 12.5. The second kappa shape index (κ2) is 7.15. The molecular weight excluding hydrogens is 445 g/mol. The molecule has 0 spiro atoms. The maximum Gasteiger partial charge on any atom is 0.286 e. The molecule has 2 unspecified atom stereocenters. The Morgan fingerprint density at radius 3 is 2.61 bits per heavy atom. The summed E-state index contributed by atoms with van der Waals surface area (Å²) in [6.07, 6.45) is 2.87. The number of amidine groups is 1. The lowest BCUT2D eigenvalue weighted by molar-refractivity contribution is -0.134. The first-order chi connectivity index (χ1) is 15.8. The Morgan fingerprint density at radius 1 is 1.09 bits per heavy atom. The number of fused-ring (bicyclic) bond motifs is 6. The van der Waals surface area contributed by atoms with Crippen LogP contribution in [0.5, 0.6) is 0 Å². The summed E-state index contributed by atoms with van der Waals surface area (Å²) in [7, 11) is -4.03. The van der Waals surface area contributed by atoms with Crippen LogP contribution in [0.4, 0.5) is 10.1 Å². The molecule has 0 radical (unpaired) electrons. The van der Waals surface area contributed by atoms with Crippen molar-refractivity contribution in [1.82, 2.24) is 4.90 Å². The lowest BCUT2D eigenvalue weighted by Gasteiger charge is -2.44. The number of hydrogen-bond donors (Lipinski definition) is 2. The molecule has 4 aliphatic rings. The molecule has 9 heteroatoms. The van der Waals surface area contributed by atoms with Gasteiger partial charge in [0.05, 0.1) is 5.69 Å². The van der Waals surface area contributed by atoms with E-state index in [1.165, 1.54) is 18.2 Å². The maximum atomic E-state index is 13.8. The third-order valence-electron chi connectivity index (χ3n) is 7.41. The Balaban J connectivity index is 1.45. The van der Waals surface area contributed by atoms with E-state index in [4.69, 9.17) is 0 Å². The summed E-state index contributed by atoms with van der Waals surface area (Å²) in [5.74, 6) is -0.808. The van der Waals surface area contributed by atoms with Gasteiger partial charge in [0.25, 0.3) is 15.9 Å². The summed E-state index contributed by atoms with van der Waals surface area (Å²) >= 11 is 0. The fraction of sp³-hybridized carbons (Fsp3) is 0.333. The van der Waals surface area contributed by atoms with Gasteiger partial charge in [-0.25, -0.2) is 4.39 Å². The monoisotopic (exact) mass is 467 g/mol. The van der Waals surface area contributed by atoms with Crippen LogP contribution < -0.4 is 5.32 Å². The van der Waals surface area contributed by atoms with Crippen molar-refractivity contribution in [1.29, 1.82) is 0 Å². The molecule has 2 fully saturated rings. The summed E-state index contributed by atoms with van der Waals surface area (Å²) in [6.45, 7) is 0.247. The molecule has 2 N–H and O–H groups in total. The molecule has 2 aliphatic heterocycles. The van der Waals surface area contributed by atoms with Crippen LogP contribution in [-0.4, -0.2) is 36.2 Å². The molecule has 0 saturated heterocycles. The van der Waals surface area contributed by atoms with Crippen molar-refractivity contribution < 1.29 is 22.7 Å². The van der Waals surface area contributed by atoms with Crippen LogP contribution in [0.25, 0.3) is 0 Å². The van der Waals surface area contributed by atoms with E-state index in [9.17, 15) is 22.7 Å². The van der Waals surface area contributed by atoms with Crippen molar-refractivity contribution in [2.45, 2.75) is 36.7 Å². The summed E-state index contributed by atoms with van der Waals surface area (Å²) in [4.78, 5) is 15.5. The van der Waals surface area contributed by atoms with E-state index in [2.05, 4.69) is 9.71 Å². The fourth-order valence-electron chi connectivity index (χ4n) is 6.06. The van der Waals surface area contributed by atoms with Gasteiger partial charge in [0, 0.05) is 18.5 Å². The highest BCUT2D eigenvalue weighted by Crippen LogP contribution is 2.55. The number of nitrogens with one attached hydrogen (secondary N) is 1. The van der Waals surface area contributed by atoms with Crippen LogP contribution >= 0.6 is 0 Å². The van der Waals surface area contributed by atoms with Crippen LogP contribution in [0, 0.1) is 23.6 Å². The van der Waals surface area contributed by atoms with Crippen LogP contribution in [0.15, 0.2) is 69.2 Å². The third kappa shape index (κ3) is 3.09. The first kappa shape index (κ1) is 20.4. The SMILES string of the molecule is O=C1C(C2=NS(=O)(=O)c3ccccc3N2)=C(O)C2C([C@@H]3CC[C@H]2C3)N1Cc1ccc(F)cc1. The molecule has 2 heterocycles. The molecule has 33 heavy (non-hydrogen) atoms. The highest BCUT2D eigenvalue weighted by atomic mass is 32.2. The molecule has 2 aromatic rings. The van der Waals surface area contributed by atoms with Crippen LogP contribution in [0.3, 0.4) is 0 Å². The highest BCUT2D eigenvalue weighted by molar-refractivity contribution is 7.90. The van der Waals surface area contributed by atoms with Gasteiger partial charge < -0.3 is 15.3 Å². The Kier molecular flexibility index (Phi) is 4.42. The van der Waals surface area contributed by atoms with E-state index in [0.29, 0.717) is 5.69 Å². The number of anilines is 1. The van der Waals surface area contributed by atoms with Gasteiger partial charge >= 0.3 is 0 Å².